The predicted octanol–water partition coefficient (Wildman–Crippen LogP) is 2.63. The van der Waals surface area contributed by atoms with Gasteiger partial charge in [-0.25, -0.2) is 0 Å². The number of carbonyl (C=O) groups is 1. The first-order valence-electron chi connectivity index (χ1n) is 8.22. The molecule has 1 aliphatic rings. The average molecular weight is 326 g/mol. The summed E-state index contributed by atoms with van der Waals surface area (Å²) < 4.78 is 11.1. The third-order valence-electron chi connectivity index (χ3n) is 4.17. The van der Waals surface area contributed by atoms with Gasteiger partial charge in [0.15, 0.2) is 0 Å². The molecule has 2 heterocycles. The van der Waals surface area contributed by atoms with Gasteiger partial charge in [-0.3, -0.25) is 9.78 Å². The minimum Gasteiger partial charge on any atom is -0.497 e. The molecule has 0 bridgehead atoms. The Labute approximate surface area is 142 Å². The smallest absolute Gasteiger partial charge is 0.251 e. The molecule has 1 aliphatic heterocycles. The number of fused-ring (bicyclic) bond motifs is 1. The molecule has 0 saturated heterocycles. The Morgan fingerprint density at radius 1 is 1.38 bits per heavy atom. The van der Waals surface area contributed by atoms with Crippen LogP contribution in [0.5, 0.6) is 11.5 Å². The van der Waals surface area contributed by atoms with Crippen molar-refractivity contribution in [2.45, 2.75) is 19.8 Å². The molecule has 5 heteroatoms. The van der Waals surface area contributed by atoms with Gasteiger partial charge in [-0.1, -0.05) is 6.07 Å². The van der Waals surface area contributed by atoms with Gasteiger partial charge >= 0.3 is 0 Å². The molecule has 126 valence electrons. The first-order chi connectivity index (χ1) is 11.7. The maximum absolute atomic E-state index is 11.9. The highest BCUT2D eigenvalue weighted by atomic mass is 16.5. The topological polar surface area (TPSA) is 60.5 Å². The van der Waals surface area contributed by atoms with Crippen LogP contribution >= 0.6 is 0 Å². The lowest BCUT2D eigenvalue weighted by Gasteiger charge is -2.25. The van der Waals surface area contributed by atoms with Crippen LogP contribution < -0.4 is 14.8 Å². The van der Waals surface area contributed by atoms with E-state index in [9.17, 15) is 4.79 Å². The molecule has 3 rings (SSSR count). The van der Waals surface area contributed by atoms with Gasteiger partial charge in [-0.05, 0) is 43.5 Å². The molecular weight excluding hydrogens is 304 g/mol. The summed E-state index contributed by atoms with van der Waals surface area (Å²) in [7, 11) is 1.65. The van der Waals surface area contributed by atoms with Gasteiger partial charge in [0.25, 0.3) is 5.91 Å². The lowest BCUT2D eigenvalue weighted by molar-refractivity contribution is 0.0955. The third-order valence-corrected chi connectivity index (χ3v) is 4.17. The zero-order valence-electron chi connectivity index (χ0n) is 14.0. The molecule has 0 radical (unpaired) electrons. The number of pyridine rings is 1. The van der Waals surface area contributed by atoms with Crippen molar-refractivity contribution in [3.05, 3.63) is 53.3 Å². The fourth-order valence-corrected chi connectivity index (χ4v) is 2.96. The van der Waals surface area contributed by atoms with Crippen LogP contribution in [-0.2, 0) is 12.8 Å². The fraction of sp³-hybridized carbons (Fsp3) is 0.368. The molecule has 5 nitrogen and oxygen atoms in total. The number of methoxy groups -OCH3 is 1. The summed E-state index contributed by atoms with van der Waals surface area (Å²) in [4.78, 5) is 16.3. The van der Waals surface area contributed by atoms with Crippen molar-refractivity contribution in [1.82, 2.24) is 10.3 Å². The normalized spacial score (nSPS) is 16.0. The predicted molar refractivity (Wildman–Crippen MR) is 91.6 cm³/mol. The van der Waals surface area contributed by atoms with Crippen molar-refractivity contribution in [2.75, 3.05) is 20.3 Å². The number of rotatable bonds is 5. The summed E-state index contributed by atoms with van der Waals surface area (Å²) in [6.45, 7) is 3.17. The van der Waals surface area contributed by atoms with Crippen molar-refractivity contribution in [3.63, 3.8) is 0 Å². The summed E-state index contributed by atoms with van der Waals surface area (Å²) in [6, 6.07) is 9.55. The largest absolute Gasteiger partial charge is 0.497 e. The number of nitrogens with one attached hydrogen (secondary N) is 1. The summed E-state index contributed by atoms with van der Waals surface area (Å²) >= 11 is 0. The van der Waals surface area contributed by atoms with Crippen LogP contribution in [0, 0.1) is 5.92 Å². The van der Waals surface area contributed by atoms with Crippen LogP contribution in [0.2, 0.25) is 0 Å². The summed E-state index contributed by atoms with van der Waals surface area (Å²) in [5.41, 5.74) is 2.76. The monoisotopic (exact) mass is 326 g/mol. The molecule has 1 aromatic carbocycles. The van der Waals surface area contributed by atoms with Crippen LogP contribution in [0.3, 0.4) is 0 Å². The van der Waals surface area contributed by atoms with Gasteiger partial charge in [0.2, 0.25) is 0 Å². The van der Waals surface area contributed by atoms with E-state index < -0.39 is 0 Å². The van der Waals surface area contributed by atoms with Crippen molar-refractivity contribution in [3.8, 4) is 11.5 Å². The second-order valence-corrected chi connectivity index (χ2v) is 5.95. The van der Waals surface area contributed by atoms with Crippen molar-refractivity contribution < 1.29 is 14.3 Å². The first kappa shape index (κ1) is 16.3. The lowest BCUT2D eigenvalue weighted by atomic mass is 9.92. The van der Waals surface area contributed by atoms with Gasteiger partial charge in [0, 0.05) is 36.0 Å². The number of aromatic nitrogens is 1. The first-order valence-corrected chi connectivity index (χ1v) is 8.22. The van der Waals surface area contributed by atoms with E-state index in [0.29, 0.717) is 24.6 Å². The molecule has 1 atom stereocenters. The minimum atomic E-state index is -0.0570. The van der Waals surface area contributed by atoms with E-state index >= 15 is 0 Å². The van der Waals surface area contributed by atoms with Crippen LogP contribution in [0.4, 0.5) is 0 Å². The Bertz CT molecular complexity index is 730. The Morgan fingerprint density at radius 2 is 2.25 bits per heavy atom. The van der Waals surface area contributed by atoms with Gasteiger partial charge < -0.3 is 14.8 Å². The van der Waals surface area contributed by atoms with Crippen LogP contribution in [-0.4, -0.2) is 31.2 Å². The zero-order valence-corrected chi connectivity index (χ0v) is 14.0. The van der Waals surface area contributed by atoms with E-state index in [2.05, 4.69) is 16.4 Å². The van der Waals surface area contributed by atoms with Crippen molar-refractivity contribution in [1.29, 1.82) is 0 Å². The van der Waals surface area contributed by atoms with Crippen LogP contribution in [0.25, 0.3) is 0 Å². The Balaban J connectivity index is 1.69. The third kappa shape index (κ3) is 3.67. The highest BCUT2D eigenvalue weighted by molar-refractivity contribution is 5.94. The van der Waals surface area contributed by atoms with Gasteiger partial charge in [0.1, 0.15) is 11.5 Å². The minimum absolute atomic E-state index is 0.0570. The number of hydrogen-bond acceptors (Lipinski definition) is 4. The molecule has 0 saturated carbocycles. The van der Waals surface area contributed by atoms with Crippen LogP contribution in [0.15, 0.2) is 36.5 Å². The molecule has 1 aromatic heterocycles. The van der Waals surface area contributed by atoms with Crippen molar-refractivity contribution in [2.24, 2.45) is 5.92 Å². The SMILES string of the molecule is CCNC(=O)c1ccnc(C[C@H]2COc3cc(OC)ccc3C2)c1. The number of amides is 1. The van der Waals surface area contributed by atoms with Gasteiger partial charge in [-0.2, -0.15) is 0 Å². The number of benzene rings is 1. The van der Waals surface area contributed by atoms with E-state index in [1.54, 1.807) is 19.4 Å². The molecule has 1 amide bonds. The molecule has 2 aromatic rings. The van der Waals surface area contributed by atoms with Gasteiger partial charge in [0.05, 0.1) is 13.7 Å². The molecule has 0 fully saturated rings. The number of nitrogens with zero attached hydrogens (tertiary/aromatic N) is 1. The van der Waals surface area contributed by atoms with E-state index in [-0.39, 0.29) is 5.91 Å². The van der Waals surface area contributed by atoms with E-state index in [4.69, 9.17) is 9.47 Å². The summed E-state index contributed by atoms with van der Waals surface area (Å²) in [5.74, 6) is 2.00. The zero-order chi connectivity index (χ0) is 16.9. The quantitative estimate of drug-likeness (QED) is 0.917. The maximum Gasteiger partial charge on any atom is 0.251 e. The number of ether oxygens (including phenoxy) is 2. The molecule has 0 aliphatic carbocycles. The second kappa shape index (κ2) is 7.34. The molecule has 1 N–H and O–H groups in total. The highest BCUT2D eigenvalue weighted by Gasteiger charge is 2.21. The van der Waals surface area contributed by atoms with Crippen molar-refractivity contribution >= 4 is 5.91 Å². The molecule has 24 heavy (non-hydrogen) atoms. The summed E-state index contributed by atoms with van der Waals surface area (Å²) in [6.07, 6.45) is 3.42. The Hall–Kier alpha value is -2.56. The van der Waals surface area contributed by atoms with E-state index in [1.165, 1.54) is 5.56 Å². The van der Waals surface area contributed by atoms with Gasteiger partial charge in [-0.15, -0.1) is 0 Å². The maximum atomic E-state index is 11.9. The number of hydrogen-bond donors (Lipinski definition) is 1. The second-order valence-electron chi connectivity index (χ2n) is 5.95. The average Bonchev–Trinajstić information content (AvgIpc) is 2.61. The molecular formula is C19H22N2O3. The highest BCUT2D eigenvalue weighted by Crippen LogP contribution is 2.31. The molecule has 0 unspecified atom stereocenters. The Morgan fingerprint density at radius 3 is 3.04 bits per heavy atom. The molecule has 0 spiro atoms. The standard InChI is InChI=1S/C19H22N2O3/c1-3-20-19(22)15-6-7-21-16(10-15)9-13-8-14-4-5-17(23-2)11-18(14)24-12-13/h4-7,10-11,13H,3,8-9,12H2,1-2H3,(H,20,22)/t13-/m0/s1. The van der Waals surface area contributed by atoms with E-state index in [1.807, 2.05) is 25.1 Å². The van der Waals surface area contributed by atoms with Crippen LogP contribution in [0.1, 0.15) is 28.5 Å². The summed E-state index contributed by atoms with van der Waals surface area (Å²) in [5, 5.41) is 2.81. The van der Waals surface area contributed by atoms with E-state index in [0.717, 1.165) is 30.0 Å². The lowest BCUT2D eigenvalue weighted by Crippen LogP contribution is -2.24. The Kier molecular flexibility index (Phi) is 4.99. The number of carbonyl (C=O) groups excluding carboxylic acids is 1. The fourth-order valence-electron chi connectivity index (χ4n) is 2.96.